The van der Waals surface area contributed by atoms with E-state index in [0.29, 0.717) is 0 Å². The first-order valence-electron chi connectivity index (χ1n) is 7.57. The monoisotopic (exact) mass is 285 g/mol. The predicted octanol–water partition coefficient (Wildman–Crippen LogP) is 1.89. The van der Waals surface area contributed by atoms with E-state index in [2.05, 4.69) is 21.8 Å². The Labute approximate surface area is 125 Å². The van der Waals surface area contributed by atoms with E-state index in [0.717, 1.165) is 60.4 Å². The summed E-state index contributed by atoms with van der Waals surface area (Å²) in [6, 6.07) is 6.03. The fraction of sp³-hybridized carbons (Fsp3) is 0.471. The summed E-state index contributed by atoms with van der Waals surface area (Å²) in [5, 5.41) is 0.810. The summed E-state index contributed by atoms with van der Waals surface area (Å²) in [7, 11) is 2.15. The third-order valence-corrected chi connectivity index (χ3v) is 4.45. The topological polar surface area (TPSA) is 39.3 Å². The number of piperazine rings is 1. The average Bonchev–Trinajstić information content (AvgIpc) is 2.46. The van der Waals surface area contributed by atoms with Gasteiger partial charge in [0, 0.05) is 54.9 Å². The van der Waals surface area contributed by atoms with Gasteiger partial charge in [0.15, 0.2) is 5.43 Å². The third-order valence-electron chi connectivity index (χ3n) is 4.45. The number of aromatic nitrogens is 1. The van der Waals surface area contributed by atoms with Gasteiger partial charge in [0.2, 0.25) is 0 Å². The van der Waals surface area contributed by atoms with Crippen LogP contribution in [0.3, 0.4) is 0 Å². The molecule has 1 N–H and O–H groups in total. The Morgan fingerprint density at radius 3 is 2.57 bits per heavy atom. The normalized spacial score (nSPS) is 17.5. The highest BCUT2D eigenvalue weighted by Gasteiger charge is 2.17. The highest BCUT2D eigenvalue weighted by molar-refractivity contribution is 5.80. The van der Waals surface area contributed by atoms with Crippen LogP contribution in [0.5, 0.6) is 0 Å². The van der Waals surface area contributed by atoms with Gasteiger partial charge in [-0.1, -0.05) is 11.6 Å². The molecule has 1 saturated heterocycles. The van der Waals surface area contributed by atoms with Gasteiger partial charge in [-0.2, -0.15) is 0 Å². The molecule has 1 aliphatic rings. The van der Waals surface area contributed by atoms with Crippen molar-refractivity contribution in [1.29, 1.82) is 0 Å². The van der Waals surface area contributed by atoms with Crippen LogP contribution in [-0.2, 0) is 6.54 Å². The Balaban J connectivity index is 1.96. The first-order chi connectivity index (χ1) is 10.0. The molecule has 0 unspecified atom stereocenters. The minimum Gasteiger partial charge on any atom is -0.358 e. The van der Waals surface area contributed by atoms with Gasteiger partial charge in [0.25, 0.3) is 0 Å². The van der Waals surface area contributed by atoms with Crippen LogP contribution in [0.4, 0.5) is 0 Å². The number of fused-ring (bicyclic) bond motifs is 1. The molecule has 1 aromatic heterocycles. The molecule has 1 aromatic carbocycles. The highest BCUT2D eigenvalue weighted by Crippen LogP contribution is 2.15. The SMILES string of the molecule is Cc1ccc2[nH]c(C)c(CN3CCN(C)CC3)c(=O)c2c1. The molecule has 0 bridgehead atoms. The number of rotatable bonds is 2. The second-order valence-corrected chi connectivity index (χ2v) is 6.19. The van der Waals surface area contributed by atoms with E-state index in [1.165, 1.54) is 0 Å². The molecule has 2 heterocycles. The van der Waals surface area contributed by atoms with Crippen molar-refractivity contribution in [3.8, 4) is 0 Å². The molecule has 0 radical (unpaired) electrons. The number of benzene rings is 1. The van der Waals surface area contributed by atoms with Crippen molar-refractivity contribution in [3.05, 3.63) is 45.2 Å². The van der Waals surface area contributed by atoms with Crippen molar-refractivity contribution in [2.24, 2.45) is 0 Å². The van der Waals surface area contributed by atoms with Gasteiger partial charge in [-0.25, -0.2) is 0 Å². The Morgan fingerprint density at radius 2 is 1.86 bits per heavy atom. The first-order valence-corrected chi connectivity index (χ1v) is 7.57. The summed E-state index contributed by atoms with van der Waals surface area (Å²) in [5.41, 5.74) is 4.16. The van der Waals surface area contributed by atoms with Crippen molar-refractivity contribution in [3.63, 3.8) is 0 Å². The van der Waals surface area contributed by atoms with E-state index in [9.17, 15) is 4.79 Å². The standard InChI is InChI=1S/C17H23N3O/c1-12-4-5-16-14(10-12)17(21)15(13(2)18-16)11-20-8-6-19(3)7-9-20/h4-5,10H,6-9,11H2,1-3H3,(H,18,21). The number of H-pyrrole nitrogens is 1. The van der Waals surface area contributed by atoms with Crippen molar-refractivity contribution in [2.75, 3.05) is 33.2 Å². The molecule has 112 valence electrons. The Kier molecular flexibility index (Phi) is 3.83. The van der Waals surface area contributed by atoms with Crippen LogP contribution in [0.1, 0.15) is 16.8 Å². The molecule has 0 amide bonds. The van der Waals surface area contributed by atoms with Crippen molar-refractivity contribution >= 4 is 10.9 Å². The lowest BCUT2D eigenvalue weighted by Crippen LogP contribution is -2.44. The lowest BCUT2D eigenvalue weighted by atomic mass is 10.1. The summed E-state index contributed by atoms with van der Waals surface area (Å²) in [4.78, 5) is 20.9. The van der Waals surface area contributed by atoms with Gasteiger partial charge in [-0.3, -0.25) is 9.69 Å². The van der Waals surface area contributed by atoms with E-state index in [4.69, 9.17) is 0 Å². The molecule has 3 rings (SSSR count). The zero-order valence-electron chi connectivity index (χ0n) is 13.1. The molecule has 0 aliphatic carbocycles. The van der Waals surface area contributed by atoms with Crippen LogP contribution in [0.25, 0.3) is 10.9 Å². The van der Waals surface area contributed by atoms with Crippen molar-refractivity contribution in [2.45, 2.75) is 20.4 Å². The van der Waals surface area contributed by atoms with E-state index in [-0.39, 0.29) is 5.43 Å². The number of hydrogen-bond acceptors (Lipinski definition) is 3. The van der Waals surface area contributed by atoms with Crippen LogP contribution >= 0.6 is 0 Å². The second kappa shape index (κ2) is 5.62. The largest absolute Gasteiger partial charge is 0.358 e. The van der Waals surface area contributed by atoms with Gasteiger partial charge < -0.3 is 9.88 Å². The first kappa shape index (κ1) is 14.3. The smallest absolute Gasteiger partial charge is 0.194 e. The van der Waals surface area contributed by atoms with E-state index in [1.54, 1.807) is 0 Å². The predicted molar refractivity (Wildman–Crippen MR) is 86.8 cm³/mol. The Hall–Kier alpha value is -1.65. The van der Waals surface area contributed by atoms with Crippen molar-refractivity contribution < 1.29 is 0 Å². The minimum absolute atomic E-state index is 0.184. The number of likely N-dealkylation sites (N-methyl/N-ethyl adjacent to an activating group) is 1. The maximum atomic E-state index is 12.8. The number of aromatic amines is 1. The van der Waals surface area contributed by atoms with Crippen LogP contribution in [0.15, 0.2) is 23.0 Å². The molecule has 1 fully saturated rings. The number of hydrogen-bond donors (Lipinski definition) is 1. The Morgan fingerprint density at radius 1 is 1.14 bits per heavy atom. The van der Waals surface area contributed by atoms with Gasteiger partial charge in [-0.15, -0.1) is 0 Å². The summed E-state index contributed by atoms with van der Waals surface area (Å²) in [6.45, 7) is 8.99. The zero-order valence-corrected chi connectivity index (χ0v) is 13.1. The lowest BCUT2D eigenvalue weighted by molar-refractivity contribution is 0.147. The lowest BCUT2D eigenvalue weighted by Gasteiger charge is -2.32. The molecular weight excluding hydrogens is 262 g/mol. The van der Waals surface area contributed by atoms with Crippen LogP contribution < -0.4 is 5.43 Å². The fourth-order valence-corrected chi connectivity index (χ4v) is 2.99. The molecule has 4 nitrogen and oxygen atoms in total. The van der Waals surface area contributed by atoms with Gasteiger partial charge in [0.1, 0.15) is 0 Å². The molecule has 1 aliphatic heterocycles. The summed E-state index contributed by atoms with van der Waals surface area (Å²) in [5.74, 6) is 0. The quantitative estimate of drug-likeness (QED) is 0.916. The average molecular weight is 285 g/mol. The molecule has 0 spiro atoms. The summed E-state index contributed by atoms with van der Waals surface area (Å²) >= 11 is 0. The number of aryl methyl sites for hydroxylation is 2. The Bertz CT molecular complexity index is 712. The zero-order chi connectivity index (χ0) is 15.0. The number of nitrogens with one attached hydrogen (secondary N) is 1. The van der Waals surface area contributed by atoms with E-state index < -0.39 is 0 Å². The van der Waals surface area contributed by atoms with Gasteiger partial charge >= 0.3 is 0 Å². The second-order valence-electron chi connectivity index (χ2n) is 6.19. The molecule has 0 saturated carbocycles. The maximum absolute atomic E-state index is 12.8. The van der Waals surface area contributed by atoms with Crippen LogP contribution in [-0.4, -0.2) is 48.0 Å². The summed E-state index contributed by atoms with van der Waals surface area (Å²) in [6.07, 6.45) is 0. The van der Waals surface area contributed by atoms with Gasteiger partial charge in [-0.05, 0) is 33.0 Å². The minimum atomic E-state index is 0.184. The highest BCUT2D eigenvalue weighted by atomic mass is 16.1. The molecule has 2 aromatic rings. The molecule has 21 heavy (non-hydrogen) atoms. The van der Waals surface area contributed by atoms with Crippen LogP contribution in [0.2, 0.25) is 0 Å². The number of nitrogens with zero attached hydrogens (tertiary/aromatic N) is 2. The van der Waals surface area contributed by atoms with Crippen molar-refractivity contribution in [1.82, 2.24) is 14.8 Å². The van der Waals surface area contributed by atoms with Crippen LogP contribution in [0, 0.1) is 13.8 Å². The molecular formula is C17H23N3O. The van der Waals surface area contributed by atoms with Gasteiger partial charge in [0.05, 0.1) is 0 Å². The van der Waals surface area contributed by atoms with E-state index in [1.807, 2.05) is 32.0 Å². The fourth-order valence-electron chi connectivity index (χ4n) is 2.99. The summed E-state index contributed by atoms with van der Waals surface area (Å²) < 4.78 is 0. The van der Waals surface area contributed by atoms with E-state index >= 15 is 0 Å². The molecule has 4 heteroatoms. The maximum Gasteiger partial charge on any atom is 0.194 e. The number of pyridine rings is 1. The molecule has 0 atom stereocenters. The third kappa shape index (κ3) is 2.87.